The summed E-state index contributed by atoms with van der Waals surface area (Å²) in [6, 6.07) is 0. The van der Waals surface area contributed by atoms with Gasteiger partial charge in [-0.05, 0) is 46.6 Å². The first kappa shape index (κ1) is 18.9. The number of fused-ring (bicyclic) bond motifs is 1. The fourth-order valence-corrected chi connectivity index (χ4v) is 4.56. The second-order valence-electron chi connectivity index (χ2n) is 7.79. The van der Waals surface area contributed by atoms with E-state index in [0.29, 0.717) is 23.6 Å². The molecule has 0 unspecified atom stereocenters. The van der Waals surface area contributed by atoms with E-state index >= 15 is 0 Å². The number of rotatable bonds is 4. The summed E-state index contributed by atoms with van der Waals surface area (Å²) in [6.45, 7) is 14.2. The molecule has 2 rings (SSSR count). The molecular weight excluding hydrogens is 324 g/mol. The highest BCUT2D eigenvalue weighted by molar-refractivity contribution is 7.17. The van der Waals surface area contributed by atoms with Crippen LogP contribution >= 0.6 is 11.3 Å². The summed E-state index contributed by atoms with van der Waals surface area (Å²) in [5, 5.41) is 7.15. The average Bonchev–Trinajstić information content (AvgIpc) is 2.75. The van der Waals surface area contributed by atoms with Gasteiger partial charge in [-0.1, -0.05) is 13.8 Å². The normalized spacial score (nSPS) is 18.2. The Balaban J connectivity index is 2.58. The summed E-state index contributed by atoms with van der Waals surface area (Å²) >= 11 is 1.47. The molecule has 0 fully saturated rings. The van der Waals surface area contributed by atoms with Crippen molar-refractivity contribution in [3.63, 3.8) is 0 Å². The highest BCUT2D eigenvalue weighted by Crippen LogP contribution is 2.45. The maximum atomic E-state index is 12.6. The minimum atomic E-state index is -0.359. The maximum absolute atomic E-state index is 12.6. The van der Waals surface area contributed by atoms with Gasteiger partial charge in [-0.15, -0.1) is 11.3 Å². The Kier molecular flexibility index (Phi) is 5.11. The lowest BCUT2D eigenvalue weighted by Crippen LogP contribution is -2.55. The van der Waals surface area contributed by atoms with Crippen molar-refractivity contribution in [3.8, 4) is 0 Å². The number of nitrogens with one attached hydrogen (secondary N) is 2. The molecule has 0 bridgehead atoms. The number of carbonyl (C=O) groups is 2. The topological polar surface area (TPSA) is 67.4 Å². The van der Waals surface area contributed by atoms with Gasteiger partial charge in [0.15, 0.2) is 0 Å². The van der Waals surface area contributed by atoms with Gasteiger partial charge >= 0.3 is 5.97 Å². The molecule has 2 heterocycles. The van der Waals surface area contributed by atoms with E-state index in [1.165, 1.54) is 11.3 Å². The van der Waals surface area contributed by atoms with Crippen LogP contribution in [-0.4, -0.2) is 24.0 Å². The predicted molar refractivity (Wildman–Crippen MR) is 97.7 cm³/mol. The Hall–Kier alpha value is -1.40. The molecule has 1 aliphatic rings. The molecule has 134 valence electrons. The summed E-state index contributed by atoms with van der Waals surface area (Å²) in [7, 11) is 0. The first-order valence-electron chi connectivity index (χ1n) is 8.42. The number of hydrogen-bond donors (Lipinski definition) is 2. The zero-order valence-corrected chi connectivity index (χ0v) is 16.4. The first-order valence-corrected chi connectivity index (χ1v) is 9.23. The quantitative estimate of drug-likeness (QED) is 0.811. The molecule has 24 heavy (non-hydrogen) atoms. The van der Waals surface area contributed by atoms with Crippen molar-refractivity contribution >= 4 is 28.2 Å². The molecular formula is C18H28N2O3S. The molecule has 1 aromatic rings. The van der Waals surface area contributed by atoms with Gasteiger partial charge in [-0.2, -0.15) is 0 Å². The standard InChI is InChI=1S/C18H28N2O3S/c1-8-23-16(22)12-11-9-17(4,5)20-18(6,7)13(11)24-15(12)19-14(21)10(2)3/h10,20H,8-9H2,1-7H3,(H,19,21). The number of carbonyl (C=O) groups excluding carboxylic acids is 2. The van der Waals surface area contributed by atoms with E-state index in [-0.39, 0.29) is 28.9 Å². The van der Waals surface area contributed by atoms with Crippen molar-refractivity contribution in [3.05, 3.63) is 16.0 Å². The van der Waals surface area contributed by atoms with Crippen LogP contribution in [0.2, 0.25) is 0 Å². The van der Waals surface area contributed by atoms with Gasteiger partial charge in [-0.3, -0.25) is 4.79 Å². The van der Waals surface area contributed by atoms with Gasteiger partial charge in [-0.25, -0.2) is 4.79 Å². The lowest BCUT2D eigenvalue weighted by Gasteiger charge is -2.42. The number of ether oxygens (including phenoxy) is 1. The van der Waals surface area contributed by atoms with E-state index in [1.54, 1.807) is 6.92 Å². The second kappa shape index (κ2) is 6.48. The van der Waals surface area contributed by atoms with E-state index in [9.17, 15) is 9.59 Å². The minimum absolute atomic E-state index is 0.0934. The Morgan fingerprint density at radius 2 is 1.92 bits per heavy atom. The summed E-state index contributed by atoms with van der Waals surface area (Å²) in [6.07, 6.45) is 0.716. The molecule has 0 saturated heterocycles. The van der Waals surface area contributed by atoms with Crippen LogP contribution in [0.4, 0.5) is 5.00 Å². The van der Waals surface area contributed by atoms with Crippen molar-refractivity contribution in [2.24, 2.45) is 5.92 Å². The Morgan fingerprint density at radius 3 is 2.46 bits per heavy atom. The van der Waals surface area contributed by atoms with Crippen LogP contribution in [0.25, 0.3) is 0 Å². The van der Waals surface area contributed by atoms with Crippen LogP contribution < -0.4 is 10.6 Å². The Labute approximate surface area is 148 Å². The lowest BCUT2D eigenvalue weighted by atomic mass is 9.81. The highest BCUT2D eigenvalue weighted by Gasteiger charge is 2.42. The zero-order valence-electron chi connectivity index (χ0n) is 15.6. The zero-order chi connectivity index (χ0) is 18.3. The smallest absolute Gasteiger partial charge is 0.341 e. The number of hydrogen-bond acceptors (Lipinski definition) is 5. The molecule has 0 radical (unpaired) electrons. The van der Waals surface area contributed by atoms with Gasteiger partial charge in [0, 0.05) is 21.9 Å². The van der Waals surface area contributed by atoms with E-state index < -0.39 is 0 Å². The molecule has 6 heteroatoms. The summed E-state index contributed by atoms with van der Waals surface area (Å²) in [5.41, 5.74) is 1.10. The van der Waals surface area contributed by atoms with Gasteiger partial charge < -0.3 is 15.4 Å². The third kappa shape index (κ3) is 3.64. The second-order valence-corrected chi connectivity index (χ2v) is 8.81. The average molecular weight is 353 g/mol. The first-order chi connectivity index (χ1) is 11.0. The van der Waals surface area contributed by atoms with Gasteiger partial charge in [0.25, 0.3) is 0 Å². The molecule has 0 atom stereocenters. The van der Waals surface area contributed by atoms with E-state index in [4.69, 9.17) is 4.74 Å². The predicted octanol–water partition coefficient (Wildman–Crippen LogP) is 3.68. The van der Waals surface area contributed by atoms with Gasteiger partial charge in [0.1, 0.15) is 5.00 Å². The Morgan fingerprint density at radius 1 is 1.29 bits per heavy atom. The Bertz CT molecular complexity index is 659. The monoisotopic (exact) mass is 352 g/mol. The molecule has 2 N–H and O–H groups in total. The van der Waals surface area contributed by atoms with Crippen LogP contribution in [0.3, 0.4) is 0 Å². The summed E-state index contributed by atoms with van der Waals surface area (Å²) in [4.78, 5) is 25.8. The van der Waals surface area contributed by atoms with Gasteiger partial charge in [0.05, 0.1) is 12.2 Å². The van der Waals surface area contributed by atoms with Crippen LogP contribution in [0.1, 0.15) is 69.3 Å². The summed E-state index contributed by atoms with van der Waals surface area (Å²) < 4.78 is 5.27. The lowest BCUT2D eigenvalue weighted by molar-refractivity contribution is -0.118. The van der Waals surface area contributed by atoms with Gasteiger partial charge in [0.2, 0.25) is 5.91 Å². The van der Waals surface area contributed by atoms with Crippen molar-refractivity contribution in [2.75, 3.05) is 11.9 Å². The molecule has 0 aromatic carbocycles. The SMILES string of the molecule is CCOC(=O)c1c(NC(=O)C(C)C)sc2c1CC(C)(C)NC2(C)C. The van der Waals surface area contributed by atoms with Crippen LogP contribution in [0, 0.1) is 5.92 Å². The minimum Gasteiger partial charge on any atom is -0.462 e. The molecule has 0 spiro atoms. The molecule has 1 aliphatic heterocycles. The fraction of sp³-hybridized carbons (Fsp3) is 0.667. The van der Waals surface area contributed by atoms with Crippen molar-refractivity contribution in [2.45, 2.75) is 66.0 Å². The van der Waals surface area contributed by atoms with Crippen molar-refractivity contribution in [1.82, 2.24) is 5.32 Å². The number of anilines is 1. The number of thiophene rings is 1. The number of esters is 1. The van der Waals surface area contributed by atoms with E-state index in [1.807, 2.05) is 13.8 Å². The van der Waals surface area contributed by atoms with E-state index in [2.05, 4.69) is 38.3 Å². The third-order valence-corrected chi connectivity index (χ3v) is 5.56. The van der Waals surface area contributed by atoms with E-state index in [0.717, 1.165) is 10.4 Å². The van der Waals surface area contributed by atoms with Crippen LogP contribution in [0.15, 0.2) is 0 Å². The van der Waals surface area contributed by atoms with Crippen molar-refractivity contribution in [1.29, 1.82) is 0 Å². The summed E-state index contributed by atoms with van der Waals surface area (Å²) in [5.74, 6) is -0.603. The largest absolute Gasteiger partial charge is 0.462 e. The fourth-order valence-electron chi connectivity index (χ4n) is 3.29. The van der Waals surface area contributed by atoms with Crippen LogP contribution in [-0.2, 0) is 21.5 Å². The number of amides is 1. The molecule has 1 aromatic heterocycles. The third-order valence-electron chi connectivity index (χ3n) is 4.08. The van der Waals surface area contributed by atoms with Crippen molar-refractivity contribution < 1.29 is 14.3 Å². The molecule has 0 saturated carbocycles. The molecule has 1 amide bonds. The van der Waals surface area contributed by atoms with Crippen LogP contribution in [0.5, 0.6) is 0 Å². The highest BCUT2D eigenvalue weighted by atomic mass is 32.1. The molecule has 0 aliphatic carbocycles. The molecule has 5 nitrogen and oxygen atoms in total. The maximum Gasteiger partial charge on any atom is 0.341 e.